The molecule has 1 aromatic rings. The largest absolute Gasteiger partial charge is 0.550 e. The van der Waals surface area contributed by atoms with Crippen LogP contribution in [-0.2, 0) is 9.59 Å². The van der Waals surface area contributed by atoms with Gasteiger partial charge in [0.2, 0.25) is 5.91 Å². The first kappa shape index (κ1) is 15.1. The zero-order valence-corrected chi connectivity index (χ0v) is 12.1. The number of carboxylic acid groups (broad SMARTS) is 1. The minimum absolute atomic E-state index is 0.290. The number of rotatable bonds is 4. The number of amides is 1. The van der Waals surface area contributed by atoms with Gasteiger partial charge in [0.05, 0.1) is 13.0 Å². The lowest BCUT2D eigenvalue weighted by molar-refractivity contribution is -0.313. The first-order valence-electron chi connectivity index (χ1n) is 6.82. The Morgan fingerprint density at radius 3 is 2.48 bits per heavy atom. The van der Waals surface area contributed by atoms with Gasteiger partial charge in [-0.3, -0.25) is 4.79 Å². The molecule has 112 valence electrons. The van der Waals surface area contributed by atoms with E-state index < -0.39 is 17.8 Å². The lowest BCUT2D eigenvalue weighted by atomic mass is 9.79. The maximum atomic E-state index is 12.3. The van der Waals surface area contributed by atoms with Gasteiger partial charge in [0, 0.05) is 17.6 Å². The van der Waals surface area contributed by atoms with Crippen LogP contribution in [0.2, 0.25) is 0 Å². The Morgan fingerprint density at radius 2 is 1.90 bits per heavy atom. The first-order valence-corrected chi connectivity index (χ1v) is 6.82. The molecule has 0 unspecified atom stereocenters. The van der Waals surface area contributed by atoms with Crippen molar-refractivity contribution in [1.82, 2.24) is 0 Å². The van der Waals surface area contributed by atoms with Crippen LogP contribution in [0, 0.1) is 11.8 Å². The number of benzene rings is 1. The molecule has 1 N–H and O–H groups in total. The number of allylic oxidation sites excluding steroid dienone is 2. The molecule has 0 aliphatic heterocycles. The van der Waals surface area contributed by atoms with Crippen LogP contribution in [0.1, 0.15) is 19.8 Å². The summed E-state index contributed by atoms with van der Waals surface area (Å²) in [6.07, 6.45) is 2.65. The lowest BCUT2D eigenvalue weighted by Gasteiger charge is -2.30. The Balaban J connectivity index is 2.10. The molecule has 5 nitrogen and oxygen atoms in total. The number of carbonyl (C=O) groups is 2. The number of carboxylic acids is 1. The van der Waals surface area contributed by atoms with Crippen molar-refractivity contribution in [3.05, 3.63) is 35.9 Å². The van der Waals surface area contributed by atoms with Crippen molar-refractivity contribution < 1.29 is 19.4 Å². The van der Waals surface area contributed by atoms with E-state index in [-0.39, 0.29) is 5.91 Å². The Kier molecular flexibility index (Phi) is 4.62. The average molecular weight is 288 g/mol. The third kappa shape index (κ3) is 3.62. The van der Waals surface area contributed by atoms with Crippen LogP contribution < -0.4 is 15.2 Å². The highest BCUT2D eigenvalue weighted by atomic mass is 16.5. The van der Waals surface area contributed by atoms with Crippen LogP contribution in [0.25, 0.3) is 0 Å². The van der Waals surface area contributed by atoms with E-state index in [1.54, 1.807) is 31.4 Å². The van der Waals surface area contributed by atoms with E-state index >= 15 is 0 Å². The molecule has 21 heavy (non-hydrogen) atoms. The smallest absolute Gasteiger partial charge is 0.228 e. The first-order chi connectivity index (χ1) is 10.0. The molecule has 0 bridgehead atoms. The summed E-state index contributed by atoms with van der Waals surface area (Å²) in [5, 5.41) is 13.9. The van der Waals surface area contributed by atoms with Crippen molar-refractivity contribution in [2.24, 2.45) is 11.8 Å². The third-order valence-corrected chi connectivity index (χ3v) is 3.74. The lowest BCUT2D eigenvalue weighted by Crippen LogP contribution is -2.42. The maximum absolute atomic E-state index is 12.3. The summed E-state index contributed by atoms with van der Waals surface area (Å²) in [5.74, 6) is -2.14. The molecule has 1 amide bonds. The van der Waals surface area contributed by atoms with E-state index in [9.17, 15) is 14.7 Å². The van der Waals surface area contributed by atoms with Crippen molar-refractivity contribution in [2.75, 3.05) is 12.4 Å². The Bertz CT molecular complexity index is 562. The van der Waals surface area contributed by atoms with Gasteiger partial charge in [0.1, 0.15) is 5.75 Å². The minimum Gasteiger partial charge on any atom is -0.550 e. The molecule has 2 atom stereocenters. The van der Waals surface area contributed by atoms with Crippen LogP contribution in [0.15, 0.2) is 35.9 Å². The number of carbonyl (C=O) groups excluding carboxylic acids is 2. The van der Waals surface area contributed by atoms with E-state index in [0.717, 1.165) is 5.57 Å². The van der Waals surface area contributed by atoms with Crippen molar-refractivity contribution >= 4 is 17.6 Å². The fraction of sp³-hybridized carbons (Fsp3) is 0.375. The standard InChI is InChI=1S/C16H19NO4/c1-10-3-8-13(16(19)20)14(9-10)15(18)17-11-4-6-12(21-2)7-5-11/h3-7,13-14H,8-9H2,1-2H3,(H,17,18)(H,19,20)/p-1/t13-,14-/m1/s1. The number of ether oxygens (including phenoxy) is 1. The van der Waals surface area contributed by atoms with Crippen molar-refractivity contribution in [1.29, 1.82) is 0 Å². The SMILES string of the molecule is COc1ccc(NC(=O)[C@@H]2CC(C)=CC[C@H]2C(=O)[O-])cc1. The van der Waals surface area contributed by atoms with Gasteiger partial charge in [-0.25, -0.2) is 0 Å². The predicted molar refractivity (Wildman–Crippen MR) is 76.6 cm³/mol. The fourth-order valence-corrected chi connectivity index (χ4v) is 2.51. The molecule has 5 heteroatoms. The number of aliphatic carboxylic acids is 1. The molecule has 0 saturated carbocycles. The summed E-state index contributed by atoms with van der Waals surface area (Å²) in [5.41, 5.74) is 1.65. The highest BCUT2D eigenvalue weighted by molar-refractivity contribution is 5.95. The molecule has 0 heterocycles. The maximum Gasteiger partial charge on any atom is 0.228 e. The van der Waals surface area contributed by atoms with Crippen LogP contribution >= 0.6 is 0 Å². The third-order valence-electron chi connectivity index (χ3n) is 3.74. The van der Waals surface area contributed by atoms with Gasteiger partial charge in [0.15, 0.2) is 0 Å². The molecule has 0 spiro atoms. The quantitative estimate of drug-likeness (QED) is 0.848. The molecular weight excluding hydrogens is 270 g/mol. The van der Waals surface area contributed by atoms with Crippen molar-refractivity contribution in [3.63, 3.8) is 0 Å². The molecule has 0 saturated heterocycles. The van der Waals surface area contributed by atoms with E-state index in [0.29, 0.717) is 24.3 Å². The normalized spacial score (nSPS) is 21.3. The second kappa shape index (κ2) is 6.43. The minimum atomic E-state index is -1.17. The number of nitrogens with one attached hydrogen (secondary N) is 1. The molecule has 1 aromatic carbocycles. The van der Waals surface area contributed by atoms with E-state index in [4.69, 9.17) is 4.74 Å². The molecule has 2 rings (SSSR count). The Labute approximate surface area is 123 Å². The van der Waals surface area contributed by atoms with E-state index in [1.807, 2.05) is 13.0 Å². The second-order valence-electron chi connectivity index (χ2n) is 5.24. The van der Waals surface area contributed by atoms with Gasteiger partial charge in [-0.1, -0.05) is 11.6 Å². The summed E-state index contributed by atoms with van der Waals surface area (Å²) >= 11 is 0. The van der Waals surface area contributed by atoms with Gasteiger partial charge in [-0.15, -0.1) is 0 Å². The molecule has 0 fully saturated rings. The van der Waals surface area contributed by atoms with Gasteiger partial charge in [0.25, 0.3) is 0 Å². The zero-order valence-electron chi connectivity index (χ0n) is 12.1. The zero-order chi connectivity index (χ0) is 15.4. The van der Waals surface area contributed by atoms with Crippen molar-refractivity contribution in [3.8, 4) is 5.75 Å². The van der Waals surface area contributed by atoms with E-state index in [1.165, 1.54) is 0 Å². The van der Waals surface area contributed by atoms with Crippen molar-refractivity contribution in [2.45, 2.75) is 19.8 Å². The molecular formula is C16H18NO4-. The highest BCUT2D eigenvalue weighted by Gasteiger charge is 2.31. The van der Waals surface area contributed by atoms with E-state index in [2.05, 4.69) is 5.32 Å². The average Bonchev–Trinajstić information content (AvgIpc) is 2.47. The monoisotopic (exact) mass is 288 g/mol. The van der Waals surface area contributed by atoms with Crippen LogP contribution in [0.3, 0.4) is 0 Å². The van der Waals surface area contributed by atoms with Gasteiger partial charge < -0.3 is 20.0 Å². The topological polar surface area (TPSA) is 78.5 Å². The number of methoxy groups -OCH3 is 1. The summed E-state index contributed by atoms with van der Waals surface area (Å²) in [6, 6.07) is 6.91. The predicted octanol–water partition coefficient (Wildman–Crippen LogP) is 1.36. The number of hydrogen-bond donors (Lipinski definition) is 1. The molecule has 0 radical (unpaired) electrons. The second-order valence-corrected chi connectivity index (χ2v) is 5.24. The summed E-state index contributed by atoms with van der Waals surface area (Å²) in [7, 11) is 1.56. The number of anilines is 1. The highest BCUT2D eigenvalue weighted by Crippen LogP contribution is 2.30. The van der Waals surface area contributed by atoms with Crippen LogP contribution in [-0.4, -0.2) is 19.0 Å². The van der Waals surface area contributed by atoms with Gasteiger partial charge >= 0.3 is 0 Å². The Hall–Kier alpha value is -2.30. The van der Waals surface area contributed by atoms with Crippen LogP contribution in [0.5, 0.6) is 5.75 Å². The van der Waals surface area contributed by atoms with Gasteiger partial charge in [-0.05, 0) is 44.0 Å². The molecule has 0 aromatic heterocycles. The fourth-order valence-electron chi connectivity index (χ4n) is 2.51. The Morgan fingerprint density at radius 1 is 1.24 bits per heavy atom. The summed E-state index contributed by atoms with van der Waals surface area (Å²) in [4.78, 5) is 23.5. The summed E-state index contributed by atoms with van der Waals surface area (Å²) in [6.45, 7) is 1.90. The molecule has 1 aliphatic carbocycles. The van der Waals surface area contributed by atoms with Gasteiger partial charge in [-0.2, -0.15) is 0 Å². The summed E-state index contributed by atoms with van der Waals surface area (Å²) < 4.78 is 5.05. The molecule has 1 aliphatic rings. The number of hydrogen-bond acceptors (Lipinski definition) is 4. The van der Waals surface area contributed by atoms with Crippen LogP contribution in [0.4, 0.5) is 5.69 Å².